The highest BCUT2D eigenvalue weighted by molar-refractivity contribution is 7.18. The van der Waals surface area contributed by atoms with Crippen LogP contribution in [-0.4, -0.2) is 29.4 Å². The molecule has 7 heteroatoms. The summed E-state index contributed by atoms with van der Waals surface area (Å²) in [6, 6.07) is 11.8. The second-order valence-electron chi connectivity index (χ2n) is 5.42. The van der Waals surface area contributed by atoms with E-state index in [9.17, 15) is 9.18 Å². The van der Waals surface area contributed by atoms with Crippen LogP contribution in [0.4, 0.5) is 10.1 Å². The number of nitrogens with one attached hydrogen (secondary N) is 1. The summed E-state index contributed by atoms with van der Waals surface area (Å²) >= 11 is 7.52. The molecule has 0 aliphatic rings. The molecule has 0 bridgehead atoms. The van der Waals surface area contributed by atoms with Gasteiger partial charge in [0.05, 0.1) is 34.0 Å². The fourth-order valence-electron chi connectivity index (χ4n) is 2.30. The number of thiazole rings is 1. The largest absolute Gasteiger partial charge is 0.324 e. The van der Waals surface area contributed by atoms with Gasteiger partial charge in [0.1, 0.15) is 10.8 Å². The Bertz CT molecular complexity index is 850. The van der Waals surface area contributed by atoms with Gasteiger partial charge in [-0.25, -0.2) is 9.37 Å². The molecule has 1 N–H and O–H groups in total. The third-order valence-corrected chi connectivity index (χ3v) is 4.70. The van der Waals surface area contributed by atoms with Gasteiger partial charge in [0.15, 0.2) is 0 Å². The summed E-state index contributed by atoms with van der Waals surface area (Å²) in [4.78, 5) is 18.5. The van der Waals surface area contributed by atoms with E-state index >= 15 is 0 Å². The molecule has 0 unspecified atom stereocenters. The lowest BCUT2D eigenvalue weighted by atomic mass is 10.3. The molecule has 124 valence electrons. The fraction of sp³-hybridized carbons (Fsp3) is 0.176. The van der Waals surface area contributed by atoms with E-state index in [1.165, 1.54) is 18.2 Å². The molecule has 3 aromatic rings. The molecular formula is C17H15ClFN3OS. The molecule has 1 heterocycles. The van der Waals surface area contributed by atoms with E-state index in [0.29, 0.717) is 12.2 Å². The van der Waals surface area contributed by atoms with Gasteiger partial charge in [-0.3, -0.25) is 9.69 Å². The molecule has 0 aliphatic carbocycles. The minimum atomic E-state index is -0.439. The second kappa shape index (κ2) is 7.25. The van der Waals surface area contributed by atoms with E-state index in [4.69, 9.17) is 11.6 Å². The summed E-state index contributed by atoms with van der Waals surface area (Å²) in [5.41, 5.74) is 1.37. The van der Waals surface area contributed by atoms with Crippen LogP contribution in [0, 0.1) is 5.82 Å². The third-order valence-electron chi connectivity index (χ3n) is 3.36. The summed E-state index contributed by atoms with van der Waals surface area (Å²) in [6.07, 6.45) is 0. The Hall–Kier alpha value is -2.02. The minimum absolute atomic E-state index is 0.178. The molecule has 0 aliphatic heterocycles. The van der Waals surface area contributed by atoms with Crippen LogP contribution in [-0.2, 0) is 11.3 Å². The Morgan fingerprint density at radius 2 is 2.12 bits per heavy atom. The van der Waals surface area contributed by atoms with Crippen LogP contribution in [0.25, 0.3) is 10.2 Å². The minimum Gasteiger partial charge on any atom is -0.324 e. The number of halogens is 2. The van der Waals surface area contributed by atoms with Crippen LogP contribution in [0.3, 0.4) is 0 Å². The van der Waals surface area contributed by atoms with E-state index in [1.807, 2.05) is 36.2 Å². The zero-order valence-electron chi connectivity index (χ0n) is 12.9. The number of hydrogen-bond donors (Lipinski definition) is 1. The van der Waals surface area contributed by atoms with Gasteiger partial charge in [-0.1, -0.05) is 23.7 Å². The van der Waals surface area contributed by atoms with Gasteiger partial charge in [-0.05, 0) is 37.4 Å². The monoisotopic (exact) mass is 363 g/mol. The predicted octanol–water partition coefficient (Wildman–Crippen LogP) is 4.16. The standard InChI is InChI=1S/C17H15ClFN3OS/c1-22(10-17-21-14-4-2-3-5-15(14)24-17)9-16(23)20-13-7-6-11(19)8-12(13)18/h2-8H,9-10H2,1H3,(H,20,23). The molecule has 24 heavy (non-hydrogen) atoms. The van der Waals surface area contributed by atoms with Crippen molar-refractivity contribution in [1.82, 2.24) is 9.88 Å². The first-order chi connectivity index (χ1) is 11.5. The highest BCUT2D eigenvalue weighted by atomic mass is 35.5. The van der Waals surface area contributed by atoms with Gasteiger partial charge < -0.3 is 5.32 Å². The van der Waals surface area contributed by atoms with E-state index in [0.717, 1.165) is 15.2 Å². The number of benzene rings is 2. The van der Waals surface area contributed by atoms with Gasteiger partial charge >= 0.3 is 0 Å². The van der Waals surface area contributed by atoms with Crippen molar-refractivity contribution < 1.29 is 9.18 Å². The average molecular weight is 364 g/mol. The smallest absolute Gasteiger partial charge is 0.238 e. The average Bonchev–Trinajstić information content (AvgIpc) is 2.91. The number of fused-ring (bicyclic) bond motifs is 1. The van der Waals surface area contributed by atoms with Crippen molar-refractivity contribution >= 4 is 44.7 Å². The molecule has 0 saturated carbocycles. The number of carbonyl (C=O) groups is 1. The summed E-state index contributed by atoms with van der Waals surface area (Å²) in [5.74, 6) is -0.655. The Kier molecular flexibility index (Phi) is 5.08. The van der Waals surface area contributed by atoms with Crippen LogP contribution in [0.15, 0.2) is 42.5 Å². The lowest BCUT2D eigenvalue weighted by Gasteiger charge is -2.15. The first kappa shape index (κ1) is 16.8. The van der Waals surface area contributed by atoms with Crippen molar-refractivity contribution in [2.24, 2.45) is 0 Å². The van der Waals surface area contributed by atoms with Gasteiger partial charge in [0, 0.05) is 0 Å². The maximum atomic E-state index is 13.0. The van der Waals surface area contributed by atoms with Crippen molar-refractivity contribution in [2.45, 2.75) is 6.54 Å². The van der Waals surface area contributed by atoms with Crippen LogP contribution in [0.2, 0.25) is 5.02 Å². The quantitative estimate of drug-likeness (QED) is 0.740. The molecule has 0 spiro atoms. The van der Waals surface area contributed by atoms with Gasteiger partial charge in [0.25, 0.3) is 0 Å². The normalized spacial score (nSPS) is 11.2. The molecule has 2 aromatic carbocycles. The molecule has 0 atom stereocenters. The molecular weight excluding hydrogens is 349 g/mol. The second-order valence-corrected chi connectivity index (χ2v) is 6.94. The Morgan fingerprint density at radius 3 is 2.88 bits per heavy atom. The first-order valence-electron chi connectivity index (χ1n) is 7.29. The maximum Gasteiger partial charge on any atom is 0.238 e. The lowest BCUT2D eigenvalue weighted by Crippen LogP contribution is -2.29. The van der Waals surface area contributed by atoms with Crippen molar-refractivity contribution in [3.63, 3.8) is 0 Å². The van der Waals surface area contributed by atoms with Crippen molar-refractivity contribution in [3.05, 3.63) is 58.3 Å². The van der Waals surface area contributed by atoms with E-state index in [-0.39, 0.29) is 17.5 Å². The number of hydrogen-bond acceptors (Lipinski definition) is 4. The molecule has 3 rings (SSSR count). The highest BCUT2D eigenvalue weighted by Gasteiger charge is 2.12. The Balaban J connectivity index is 1.59. The number of amides is 1. The Morgan fingerprint density at radius 1 is 1.33 bits per heavy atom. The van der Waals surface area contributed by atoms with Gasteiger partial charge in [-0.15, -0.1) is 11.3 Å². The lowest BCUT2D eigenvalue weighted by molar-refractivity contribution is -0.117. The molecule has 1 aromatic heterocycles. The number of carbonyl (C=O) groups excluding carboxylic acids is 1. The van der Waals surface area contributed by atoms with Crippen LogP contribution in [0.1, 0.15) is 5.01 Å². The third kappa shape index (κ3) is 4.08. The molecule has 0 saturated heterocycles. The number of rotatable bonds is 5. The zero-order chi connectivity index (χ0) is 17.1. The fourth-order valence-corrected chi connectivity index (χ4v) is 3.56. The summed E-state index contributed by atoms with van der Waals surface area (Å²) < 4.78 is 14.1. The van der Waals surface area contributed by atoms with Gasteiger partial charge in [0.2, 0.25) is 5.91 Å². The summed E-state index contributed by atoms with van der Waals surface area (Å²) in [7, 11) is 1.85. The number of likely N-dealkylation sites (N-methyl/N-ethyl adjacent to an activating group) is 1. The predicted molar refractivity (Wildman–Crippen MR) is 96.0 cm³/mol. The molecule has 0 radical (unpaired) electrons. The summed E-state index contributed by atoms with van der Waals surface area (Å²) in [5, 5.41) is 3.81. The number of para-hydroxylation sites is 1. The van der Waals surface area contributed by atoms with Crippen molar-refractivity contribution in [3.8, 4) is 0 Å². The zero-order valence-corrected chi connectivity index (χ0v) is 14.5. The van der Waals surface area contributed by atoms with Crippen LogP contribution < -0.4 is 5.32 Å². The van der Waals surface area contributed by atoms with E-state index in [1.54, 1.807) is 11.3 Å². The number of anilines is 1. The van der Waals surface area contributed by atoms with Crippen LogP contribution >= 0.6 is 22.9 Å². The molecule has 4 nitrogen and oxygen atoms in total. The maximum absolute atomic E-state index is 13.0. The highest BCUT2D eigenvalue weighted by Crippen LogP contribution is 2.23. The summed E-state index contributed by atoms with van der Waals surface area (Å²) in [6.45, 7) is 0.757. The number of nitrogens with zero attached hydrogens (tertiary/aromatic N) is 2. The first-order valence-corrected chi connectivity index (χ1v) is 8.48. The van der Waals surface area contributed by atoms with Gasteiger partial charge in [-0.2, -0.15) is 0 Å². The van der Waals surface area contributed by atoms with Crippen LogP contribution in [0.5, 0.6) is 0 Å². The van der Waals surface area contributed by atoms with Crippen molar-refractivity contribution in [1.29, 1.82) is 0 Å². The van der Waals surface area contributed by atoms with E-state index < -0.39 is 5.82 Å². The van der Waals surface area contributed by atoms with Crippen molar-refractivity contribution in [2.75, 3.05) is 18.9 Å². The Labute approximate surface area is 147 Å². The van der Waals surface area contributed by atoms with E-state index in [2.05, 4.69) is 10.3 Å². The SMILES string of the molecule is CN(CC(=O)Nc1ccc(F)cc1Cl)Cc1nc2ccccc2s1. The molecule has 0 fully saturated rings. The topological polar surface area (TPSA) is 45.2 Å². The molecule has 1 amide bonds. The number of aromatic nitrogens is 1.